The van der Waals surface area contributed by atoms with E-state index in [4.69, 9.17) is 0 Å². The molecule has 0 bridgehead atoms. The first-order chi connectivity index (χ1) is 10.8. The lowest BCUT2D eigenvalue weighted by Crippen LogP contribution is -2.62. The van der Waals surface area contributed by atoms with Gasteiger partial charge in [-0.2, -0.15) is 0 Å². The molecule has 1 unspecified atom stereocenters. The maximum atomic E-state index is 12.5. The zero-order valence-corrected chi connectivity index (χ0v) is 14.2. The van der Waals surface area contributed by atoms with Crippen molar-refractivity contribution in [3.8, 4) is 0 Å². The van der Waals surface area contributed by atoms with E-state index in [1.54, 1.807) is 0 Å². The lowest BCUT2D eigenvalue weighted by Gasteiger charge is -2.62. The van der Waals surface area contributed by atoms with E-state index >= 15 is 0 Å². The van der Waals surface area contributed by atoms with Crippen LogP contribution in [0.4, 0.5) is 0 Å². The van der Waals surface area contributed by atoms with Gasteiger partial charge in [0.1, 0.15) is 5.78 Å². The molecule has 0 heterocycles. The molecule has 4 heteroatoms. The molecule has 4 rings (SSSR count). The van der Waals surface area contributed by atoms with Gasteiger partial charge >= 0.3 is 0 Å². The van der Waals surface area contributed by atoms with Gasteiger partial charge in [-0.25, -0.2) is 0 Å². The zero-order chi connectivity index (χ0) is 16.6. The molecular weight excluding hydrogens is 292 g/mol. The van der Waals surface area contributed by atoms with Crippen molar-refractivity contribution in [2.75, 3.05) is 0 Å². The average molecular weight is 322 g/mol. The standard InChI is InChI=1S/C19H30O4/c1-18-6-5-11(20)7-10(18)8-14(21)17-12-3-4-15(22)19(12,2)16(23)9-13(17)18/h10-14,16-17,20-21,23H,3-9H2,1-2H3/t10?,11-,12+,13+,14-,16-,17+,18+,19+/m1/s1. The highest BCUT2D eigenvalue weighted by molar-refractivity contribution is 5.87. The van der Waals surface area contributed by atoms with E-state index in [2.05, 4.69) is 6.92 Å². The van der Waals surface area contributed by atoms with Crippen molar-refractivity contribution < 1.29 is 20.1 Å². The summed E-state index contributed by atoms with van der Waals surface area (Å²) in [5, 5.41) is 31.8. The molecule has 0 aromatic carbocycles. The molecule has 0 aromatic rings. The second kappa shape index (κ2) is 5.03. The van der Waals surface area contributed by atoms with Gasteiger partial charge in [0, 0.05) is 6.42 Å². The second-order valence-electron chi connectivity index (χ2n) is 9.22. The topological polar surface area (TPSA) is 77.8 Å². The number of ketones is 1. The SMILES string of the molecule is C[C@@]12C(=O)CC[C@H]1[C@@H]1[C@H](O)CC3C[C@H](O)CC[C@]3(C)[C@H]1C[C@H]2O. The van der Waals surface area contributed by atoms with Crippen LogP contribution in [0.15, 0.2) is 0 Å². The summed E-state index contributed by atoms with van der Waals surface area (Å²) in [6, 6.07) is 0. The van der Waals surface area contributed by atoms with Gasteiger partial charge in [-0.05, 0) is 74.5 Å². The third-order valence-corrected chi connectivity index (χ3v) is 8.47. The van der Waals surface area contributed by atoms with Crippen molar-refractivity contribution >= 4 is 5.78 Å². The first-order valence-electron chi connectivity index (χ1n) is 9.36. The molecule has 23 heavy (non-hydrogen) atoms. The van der Waals surface area contributed by atoms with E-state index in [0.717, 1.165) is 32.1 Å². The van der Waals surface area contributed by atoms with Gasteiger partial charge < -0.3 is 15.3 Å². The molecule has 0 amide bonds. The Morgan fingerprint density at radius 1 is 1.00 bits per heavy atom. The fraction of sp³-hybridized carbons (Fsp3) is 0.947. The maximum absolute atomic E-state index is 12.5. The van der Waals surface area contributed by atoms with E-state index < -0.39 is 17.6 Å². The van der Waals surface area contributed by atoms with Crippen LogP contribution in [0.3, 0.4) is 0 Å². The average Bonchev–Trinajstić information content (AvgIpc) is 2.80. The minimum Gasteiger partial charge on any atom is -0.393 e. The van der Waals surface area contributed by atoms with E-state index in [9.17, 15) is 20.1 Å². The summed E-state index contributed by atoms with van der Waals surface area (Å²) in [6.45, 7) is 4.24. The Morgan fingerprint density at radius 3 is 2.48 bits per heavy atom. The molecule has 130 valence electrons. The maximum Gasteiger partial charge on any atom is 0.141 e. The number of hydrogen-bond donors (Lipinski definition) is 3. The molecule has 0 aliphatic heterocycles. The van der Waals surface area contributed by atoms with Crippen LogP contribution in [0.5, 0.6) is 0 Å². The summed E-state index contributed by atoms with van der Waals surface area (Å²) in [5.41, 5.74) is -0.573. The summed E-state index contributed by atoms with van der Waals surface area (Å²) < 4.78 is 0. The predicted molar refractivity (Wildman–Crippen MR) is 85.5 cm³/mol. The number of carbonyl (C=O) groups excluding carboxylic acids is 1. The Labute approximate surface area is 138 Å². The van der Waals surface area contributed by atoms with E-state index in [0.29, 0.717) is 18.8 Å². The Bertz CT molecular complexity index is 519. The van der Waals surface area contributed by atoms with Crippen LogP contribution in [0.1, 0.15) is 58.8 Å². The minimum absolute atomic E-state index is 0.0804. The molecule has 4 fully saturated rings. The molecule has 0 aromatic heterocycles. The molecule has 4 saturated carbocycles. The van der Waals surface area contributed by atoms with Crippen molar-refractivity contribution in [3.05, 3.63) is 0 Å². The Kier molecular flexibility index (Phi) is 3.51. The van der Waals surface area contributed by atoms with Crippen LogP contribution in [0.25, 0.3) is 0 Å². The fourth-order valence-electron chi connectivity index (χ4n) is 6.96. The lowest BCUT2D eigenvalue weighted by atomic mass is 9.44. The minimum atomic E-state index is -0.653. The number of aliphatic hydroxyl groups is 3. The highest BCUT2D eigenvalue weighted by Crippen LogP contribution is 2.65. The van der Waals surface area contributed by atoms with Gasteiger partial charge in [0.25, 0.3) is 0 Å². The van der Waals surface area contributed by atoms with Crippen molar-refractivity contribution in [2.45, 2.75) is 77.1 Å². The highest BCUT2D eigenvalue weighted by atomic mass is 16.3. The van der Waals surface area contributed by atoms with Gasteiger partial charge in [0.15, 0.2) is 0 Å². The number of rotatable bonds is 0. The largest absolute Gasteiger partial charge is 0.393 e. The number of fused-ring (bicyclic) bond motifs is 5. The summed E-state index contributed by atoms with van der Waals surface area (Å²) in [6.07, 6.45) is 4.07. The fourth-order valence-corrected chi connectivity index (χ4v) is 6.96. The molecule has 0 radical (unpaired) electrons. The number of carbonyl (C=O) groups is 1. The quantitative estimate of drug-likeness (QED) is 0.636. The zero-order valence-electron chi connectivity index (χ0n) is 14.2. The van der Waals surface area contributed by atoms with Gasteiger partial charge in [-0.15, -0.1) is 0 Å². The van der Waals surface area contributed by atoms with Gasteiger partial charge in [0.05, 0.1) is 23.7 Å². The highest BCUT2D eigenvalue weighted by Gasteiger charge is 2.65. The van der Waals surface area contributed by atoms with E-state index in [1.165, 1.54) is 0 Å². The predicted octanol–water partition coefficient (Wildman–Crippen LogP) is 1.90. The van der Waals surface area contributed by atoms with Crippen LogP contribution in [-0.2, 0) is 4.79 Å². The smallest absolute Gasteiger partial charge is 0.141 e. The van der Waals surface area contributed by atoms with Gasteiger partial charge in [-0.3, -0.25) is 4.79 Å². The monoisotopic (exact) mass is 322 g/mol. The Hall–Kier alpha value is -0.450. The van der Waals surface area contributed by atoms with Gasteiger partial charge in [-0.1, -0.05) is 6.92 Å². The molecule has 9 atom stereocenters. The molecule has 3 N–H and O–H groups in total. The van der Waals surface area contributed by atoms with Crippen molar-refractivity contribution in [1.29, 1.82) is 0 Å². The van der Waals surface area contributed by atoms with Crippen LogP contribution in [0, 0.1) is 34.5 Å². The normalized spacial score (nSPS) is 59.2. The molecule has 0 spiro atoms. The van der Waals surface area contributed by atoms with Gasteiger partial charge in [0.2, 0.25) is 0 Å². The van der Waals surface area contributed by atoms with E-state index in [1.807, 2.05) is 6.92 Å². The summed E-state index contributed by atoms with van der Waals surface area (Å²) in [4.78, 5) is 12.5. The Morgan fingerprint density at radius 2 is 1.74 bits per heavy atom. The van der Waals surface area contributed by atoms with Crippen LogP contribution in [-0.4, -0.2) is 39.4 Å². The number of Topliss-reactive ketones (excluding diaryl/α,β-unsaturated/α-hetero) is 1. The Balaban J connectivity index is 1.72. The molecule has 0 saturated heterocycles. The molecule has 4 nitrogen and oxygen atoms in total. The van der Waals surface area contributed by atoms with E-state index in [-0.39, 0.29) is 35.1 Å². The molecular formula is C19H30O4. The molecule has 4 aliphatic rings. The summed E-state index contributed by atoms with van der Waals surface area (Å²) in [5.74, 6) is 1.03. The summed E-state index contributed by atoms with van der Waals surface area (Å²) >= 11 is 0. The van der Waals surface area contributed by atoms with Crippen molar-refractivity contribution in [1.82, 2.24) is 0 Å². The third-order valence-electron chi connectivity index (χ3n) is 8.47. The third kappa shape index (κ3) is 1.98. The van der Waals surface area contributed by atoms with Crippen molar-refractivity contribution in [2.24, 2.45) is 34.5 Å². The first kappa shape index (κ1) is 16.0. The number of aliphatic hydroxyl groups excluding tert-OH is 3. The van der Waals surface area contributed by atoms with Crippen LogP contribution in [0.2, 0.25) is 0 Å². The molecule has 4 aliphatic carbocycles. The van der Waals surface area contributed by atoms with Crippen molar-refractivity contribution in [3.63, 3.8) is 0 Å². The number of hydrogen-bond acceptors (Lipinski definition) is 4. The second-order valence-corrected chi connectivity index (χ2v) is 9.22. The lowest BCUT2D eigenvalue weighted by molar-refractivity contribution is -0.197. The first-order valence-corrected chi connectivity index (χ1v) is 9.36. The van der Waals surface area contributed by atoms with Crippen LogP contribution >= 0.6 is 0 Å². The van der Waals surface area contributed by atoms with Crippen LogP contribution < -0.4 is 0 Å². The summed E-state index contributed by atoms with van der Waals surface area (Å²) in [7, 11) is 0.